The molecule has 2 aliphatic rings. The van der Waals surface area contributed by atoms with Gasteiger partial charge in [-0.15, -0.1) is 0 Å². The second kappa shape index (κ2) is 12.0. The van der Waals surface area contributed by atoms with Crippen molar-refractivity contribution < 1.29 is 32.2 Å². The van der Waals surface area contributed by atoms with Gasteiger partial charge in [0, 0.05) is 10.0 Å². The van der Waals surface area contributed by atoms with Gasteiger partial charge in [0.1, 0.15) is 18.0 Å². The number of morpholine rings is 1. The monoisotopic (exact) mass is 620 g/mol. The van der Waals surface area contributed by atoms with E-state index in [1.54, 1.807) is 48.5 Å². The summed E-state index contributed by atoms with van der Waals surface area (Å²) < 4.78 is 49.6. The van der Waals surface area contributed by atoms with Crippen molar-refractivity contribution in [2.24, 2.45) is 5.92 Å². The molecule has 1 heterocycles. The first-order chi connectivity index (χ1) is 19.5. The molecule has 2 N–H and O–H groups in total. The fourth-order valence-corrected chi connectivity index (χ4v) is 7.06. The molecule has 1 aliphatic carbocycles. The molecule has 0 unspecified atom stereocenters. The smallest absolute Gasteiger partial charge is 0.306 e. The van der Waals surface area contributed by atoms with E-state index in [1.807, 2.05) is 0 Å². The third-order valence-electron chi connectivity index (χ3n) is 7.23. The number of carboxylic acids is 1. The number of sulfonamides is 1. The average Bonchev–Trinajstić information content (AvgIpc) is 3.76. The van der Waals surface area contributed by atoms with E-state index >= 15 is 0 Å². The summed E-state index contributed by atoms with van der Waals surface area (Å²) in [5.74, 6) is -3.31. The number of aliphatic carboxylic acids is 1. The number of carboxylic acid groups (broad SMARTS) is 1. The highest BCUT2D eigenvalue weighted by Gasteiger charge is 2.51. The Hall–Kier alpha value is -3.18. The van der Waals surface area contributed by atoms with Crippen LogP contribution in [0.4, 0.5) is 10.1 Å². The maximum absolute atomic E-state index is 14.3. The Kier molecular flexibility index (Phi) is 8.56. The number of nitrogens with one attached hydrogen (secondary N) is 1. The number of nitrogens with zero attached hydrogens (tertiary/aromatic N) is 1. The van der Waals surface area contributed by atoms with Gasteiger partial charge in [-0.2, -0.15) is 0 Å². The van der Waals surface area contributed by atoms with E-state index < -0.39 is 64.2 Å². The van der Waals surface area contributed by atoms with Crippen LogP contribution in [-0.4, -0.2) is 48.2 Å². The number of hydrogen-bond donors (Lipinski definition) is 2. The normalized spacial score (nSPS) is 21.9. The topological polar surface area (TPSA) is 113 Å². The van der Waals surface area contributed by atoms with Crippen LogP contribution in [0.5, 0.6) is 0 Å². The van der Waals surface area contributed by atoms with Crippen LogP contribution in [-0.2, 0) is 24.3 Å². The van der Waals surface area contributed by atoms with Crippen LogP contribution in [0, 0.1) is 11.7 Å². The molecular formula is C29H27Cl2FN2O6S. The molecule has 12 heteroatoms. The summed E-state index contributed by atoms with van der Waals surface area (Å²) >= 11 is 12.5. The zero-order chi connectivity index (χ0) is 29.3. The van der Waals surface area contributed by atoms with Gasteiger partial charge in [0.25, 0.3) is 5.91 Å². The SMILES string of the molecule is O=C(O)C[C@@H]1O[C@H](c2cccc(Cl)c2)[C@@H](c2ccc(Cl)cc2)N([C@H](CS(=O)(=O)Nc2ccccc2F)C2CC2)C1=O. The highest BCUT2D eigenvalue weighted by molar-refractivity contribution is 7.92. The maximum Gasteiger partial charge on any atom is 0.306 e. The molecule has 3 aromatic rings. The number of benzene rings is 3. The standard InChI is InChI=1S/C29H27Cl2FN2O6S/c30-20-12-10-18(11-13-20)27-28(19-4-3-5-21(31)14-19)40-25(15-26(35)36)29(37)34(27)24(17-8-9-17)16-41(38,39)33-23-7-2-1-6-22(23)32/h1-7,10-14,17,24-25,27-28,33H,8-9,15-16H2,(H,35,36)/t24-,25+,27-,28-/m1/s1. The molecule has 1 saturated carbocycles. The molecule has 0 spiro atoms. The number of anilines is 1. The Morgan fingerprint density at radius 3 is 2.37 bits per heavy atom. The van der Waals surface area contributed by atoms with Crippen molar-refractivity contribution in [2.75, 3.05) is 10.5 Å². The zero-order valence-electron chi connectivity index (χ0n) is 21.6. The zero-order valence-corrected chi connectivity index (χ0v) is 23.9. The van der Waals surface area contributed by atoms with E-state index in [1.165, 1.54) is 23.1 Å². The molecule has 0 radical (unpaired) electrons. The summed E-state index contributed by atoms with van der Waals surface area (Å²) in [5.41, 5.74) is 1.00. The van der Waals surface area contributed by atoms with Gasteiger partial charge >= 0.3 is 5.97 Å². The maximum atomic E-state index is 14.3. The number of amides is 1. The Bertz CT molecular complexity index is 1550. The van der Waals surface area contributed by atoms with E-state index in [-0.39, 0.29) is 11.6 Å². The van der Waals surface area contributed by atoms with Crippen LogP contribution in [0.2, 0.25) is 10.0 Å². The van der Waals surface area contributed by atoms with Crippen molar-refractivity contribution >= 4 is 50.8 Å². The third-order valence-corrected chi connectivity index (χ3v) is 9.03. The molecule has 3 aromatic carbocycles. The van der Waals surface area contributed by atoms with E-state index in [0.29, 0.717) is 34.0 Å². The lowest BCUT2D eigenvalue weighted by Gasteiger charge is -2.48. The van der Waals surface area contributed by atoms with E-state index in [0.717, 1.165) is 6.07 Å². The minimum atomic E-state index is -4.16. The fourth-order valence-electron chi connectivity index (χ4n) is 5.26. The third kappa shape index (κ3) is 6.83. The predicted molar refractivity (Wildman–Crippen MR) is 153 cm³/mol. The average molecular weight is 622 g/mol. The molecule has 2 fully saturated rings. The first-order valence-electron chi connectivity index (χ1n) is 13.0. The molecule has 5 rings (SSSR count). The second-order valence-corrected chi connectivity index (χ2v) is 12.8. The van der Waals surface area contributed by atoms with Crippen LogP contribution in [0.1, 0.15) is 42.5 Å². The number of para-hydroxylation sites is 1. The summed E-state index contributed by atoms with van der Waals surface area (Å²) in [6.45, 7) is 0. The van der Waals surface area contributed by atoms with Crippen LogP contribution in [0.25, 0.3) is 0 Å². The van der Waals surface area contributed by atoms with Gasteiger partial charge in [0.15, 0.2) is 0 Å². The minimum absolute atomic E-state index is 0.172. The van der Waals surface area contributed by atoms with Gasteiger partial charge in [-0.25, -0.2) is 12.8 Å². The number of carbonyl (C=O) groups is 2. The van der Waals surface area contributed by atoms with Gasteiger partial charge in [-0.1, -0.05) is 59.6 Å². The van der Waals surface area contributed by atoms with Crippen molar-refractivity contribution in [3.63, 3.8) is 0 Å². The summed E-state index contributed by atoms with van der Waals surface area (Å²) in [5, 5.41) is 10.5. The molecule has 216 valence electrons. The van der Waals surface area contributed by atoms with E-state index in [4.69, 9.17) is 27.9 Å². The molecule has 1 saturated heterocycles. The first-order valence-corrected chi connectivity index (χ1v) is 15.4. The molecule has 1 aliphatic heterocycles. The van der Waals surface area contributed by atoms with Crippen LogP contribution >= 0.6 is 23.2 Å². The van der Waals surface area contributed by atoms with Gasteiger partial charge in [-0.05, 0) is 66.3 Å². The number of rotatable bonds is 10. The van der Waals surface area contributed by atoms with E-state index in [9.17, 15) is 27.5 Å². The minimum Gasteiger partial charge on any atom is -0.481 e. The largest absolute Gasteiger partial charge is 0.481 e. The summed E-state index contributed by atoms with van der Waals surface area (Å²) in [7, 11) is -4.16. The van der Waals surface area contributed by atoms with E-state index in [2.05, 4.69) is 4.72 Å². The summed E-state index contributed by atoms with van der Waals surface area (Å²) in [6.07, 6.45) is -1.52. The number of halogens is 3. The van der Waals surface area contributed by atoms with Gasteiger partial charge in [0.05, 0.1) is 29.9 Å². The quantitative estimate of drug-likeness (QED) is 0.294. The molecule has 4 atom stereocenters. The van der Waals surface area contributed by atoms with Gasteiger partial charge < -0.3 is 14.7 Å². The Labute approximate surface area is 247 Å². The van der Waals surface area contributed by atoms with Crippen LogP contribution < -0.4 is 4.72 Å². The number of hydrogen-bond acceptors (Lipinski definition) is 5. The molecule has 1 amide bonds. The lowest BCUT2D eigenvalue weighted by Crippen LogP contribution is -2.57. The summed E-state index contributed by atoms with van der Waals surface area (Å²) in [6, 6.07) is 17.3. The molecule has 8 nitrogen and oxygen atoms in total. The lowest BCUT2D eigenvalue weighted by atomic mass is 9.89. The van der Waals surface area contributed by atoms with Crippen LogP contribution in [0.3, 0.4) is 0 Å². The van der Waals surface area contributed by atoms with Crippen molar-refractivity contribution in [3.8, 4) is 0 Å². The van der Waals surface area contributed by atoms with Gasteiger partial charge in [0.2, 0.25) is 10.0 Å². The fraction of sp³-hybridized carbons (Fsp3) is 0.310. The highest BCUT2D eigenvalue weighted by atomic mass is 35.5. The number of carbonyl (C=O) groups excluding carboxylic acids is 1. The Balaban J connectivity index is 1.61. The van der Waals surface area contributed by atoms with Crippen molar-refractivity contribution in [2.45, 2.75) is 43.6 Å². The molecule has 0 aromatic heterocycles. The second-order valence-electron chi connectivity index (χ2n) is 10.2. The lowest BCUT2D eigenvalue weighted by molar-refractivity contribution is -0.183. The predicted octanol–water partition coefficient (Wildman–Crippen LogP) is 5.84. The highest BCUT2D eigenvalue weighted by Crippen LogP contribution is 2.48. The first kappa shape index (κ1) is 29.3. The van der Waals surface area contributed by atoms with Crippen molar-refractivity contribution in [1.82, 2.24) is 4.90 Å². The van der Waals surface area contributed by atoms with Crippen molar-refractivity contribution in [3.05, 3.63) is 99.8 Å². The van der Waals surface area contributed by atoms with Crippen LogP contribution in [0.15, 0.2) is 72.8 Å². The molecular weight excluding hydrogens is 594 g/mol. The van der Waals surface area contributed by atoms with Gasteiger partial charge in [-0.3, -0.25) is 14.3 Å². The Morgan fingerprint density at radius 1 is 1.02 bits per heavy atom. The summed E-state index contributed by atoms with van der Waals surface area (Å²) in [4.78, 5) is 27.3. The molecule has 41 heavy (non-hydrogen) atoms. The van der Waals surface area contributed by atoms with Crippen molar-refractivity contribution in [1.29, 1.82) is 0 Å². The molecule has 0 bridgehead atoms. The number of ether oxygens (including phenoxy) is 1. The Morgan fingerprint density at radius 2 is 1.73 bits per heavy atom.